The van der Waals surface area contributed by atoms with Gasteiger partial charge in [-0.2, -0.15) is 0 Å². The van der Waals surface area contributed by atoms with Gasteiger partial charge in [-0.15, -0.1) is 0 Å². The molecule has 0 radical (unpaired) electrons. The lowest BCUT2D eigenvalue weighted by atomic mass is 9.73. The minimum Gasteiger partial charge on any atom is -0.410 e. The van der Waals surface area contributed by atoms with E-state index in [1.54, 1.807) is 7.11 Å². The molecule has 0 amide bonds. The van der Waals surface area contributed by atoms with Gasteiger partial charge in [-0.25, -0.2) is 0 Å². The average Bonchev–Trinajstić information content (AvgIpc) is 3.04. The number of fused-ring (bicyclic) bond motifs is 3. The zero-order valence-electron chi connectivity index (χ0n) is 16.9. The molecule has 1 aliphatic carbocycles. The Hall–Kier alpha value is -0.543. The summed E-state index contributed by atoms with van der Waals surface area (Å²) in [6.45, 7) is 7.20. The highest BCUT2D eigenvalue weighted by molar-refractivity contribution is 9.09. The summed E-state index contributed by atoms with van der Waals surface area (Å²) >= 11 is 3.61. The van der Waals surface area contributed by atoms with E-state index in [2.05, 4.69) is 42.0 Å². The topological polar surface area (TPSA) is 46.2 Å². The Bertz CT molecular complexity index is 727. The van der Waals surface area contributed by atoms with Crippen LogP contribution in [0.2, 0.25) is 13.1 Å². The number of rotatable bonds is 5. The average molecular weight is 469 g/mol. The van der Waals surface area contributed by atoms with Crippen LogP contribution < -0.4 is 0 Å². The predicted octanol–water partition coefficient (Wildman–Crippen LogP) is 4.33. The summed E-state index contributed by atoms with van der Waals surface area (Å²) in [4.78, 5) is 0.910. The minimum atomic E-state index is -1.76. The molecule has 4 rings (SSSR count). The monoisotopic (exact) mass is 468 g/mol. The molecule has 0 aromatic heterocycles. The molecular formula is C21H29BrO5Si. The molecule has 6 atom stereocenters. The first kappa shape index (κ1) is 20.7. The SMILES string of the molecule is CO[C@H]1O[C@@H]2CO[C@@H](c3ccccc3)O[C@H]2[C@]2(C)C[C@H](O[Si](C)(C)CBr)C=C12. The second-order valence-electron chi connectivity index (χ2n) is 8.67. The van der Waals surface area contributed by atoms with E-state index in [1.165, 1.54) is 0 Å². The van der Waals surface area contributed by atoms with Gasteiger partial charge in [-0.05, 0) is 25.1 Å². The van der Waals surface area contributed by atoms with Crippen molar-refractivity contribution in [2.45, 2.75) is 57.3 Å². The van der Waals surface area contributed by atoms with Crippen LogP contribution in [0.25, 0.3) is 0 Å². The van der Waals surface area contributed by atoms with Crippen molar-refractivity contribution in [1.29, 1.82) is 0 Å². The molecule has 1 aromatic carbocycles. The maximum absolute atomic E-state index is 6.51. The third kappa shape index (κ3) is 3.78. The first-order valence-electron chi connectivity index (χ1n) is 9.82. The standard InChI is InChI=1S/C21H29BrO5Si/c1-21-11-15(27-28(3,4)13-22)10-16(21)20(23-2)25-17-12-24-19(26-18(17)21)14-8-6-5-7-9-14/h5-10,15,17-20H,11-13H2,1-4H3/t15-,17-,18-,19-,20+,21-/m1/s1. The summed E-state index contributed by atoms with van der Waals surface area (Å²) in [6.07, 6.45) is 2.11. The van der Waals surface area contributed by atoms with Crippen LogP contribution in [0.1, 0.15) is 25.2 Å². The lowest BCUT2D eigenvalue weighted by molar-refractivity contribution is -0.325. The van der Waals surface area contributed by atoms with Crippen molar-refractivity contribution in [3.8, 4) is 0 Å². The highest BCUT2D eigenvalue weighted by Gasteiger charge is 2.57. The van der Waals surface area contributed by atoms with Gasteiger partial charge in [0.05, 0.1) is 18.8 Å². The first-order valence-corrected chi connectivity index (χ1v) is 14.1. The summed E-state index contributed by atoms with van der Waals surface area (Å²) in [5.41, 5.74) is 1.96. The zero-order chi connectivity index (χ0) is 19.9. The van der Waals surface area contributed by atoms with Gasteiger partial charge in [-0.1, -0.05) is 59.3 Å². The van der Waals surface area contributed by atoms with Crippen LogP contribution in [0.4, 0.5) is 0 Å². The fourth-order valence-electron chi connectivity index (χ4n) is 4.53. The van der Waals surface area contributed by atoms with E-state index in [0.29, 0.717) is 6.61 Å². The number of hydrogen-bond donors (Lipinski definition) is 0. The van der Waals surface area contributed by atoms with Gasteiger partial charge in [0.2, 0.25) is 0 Å². The number of ether oxygens (including phenoxy) is 4. The Balaban J connectivity index is 1.60. The molecular weight excluding hydrogens is 440 g/mol. The minimum absolute atomic E-state index is 0.0563. The maximum atomic E-state index is 6.51. The number of alkyl halides is 1. The van der Waals surface area contributed by atoms with Crippen LogP contribution in [0.3, 0.4) is 0 Å². The normalized spacial score (nSPS) is 37.9. The van der Waals surface area contributed by atoms with Crippen molar-refractivity contribution in [2.75, 3.05) is 18.7 Å². The zero-order valence-corrected chi connectivity index (χ0v) is 19.5. The Morgan fingerprint density at radius 1 is 1.21 bits per heavy atom. The van der Waals surface area contributed by atoms with Gasteiger partial charge >= 0.3 is 0 Å². The van der Waals surface area contributed by atoms with Crippen molar-refractivity contribution in [1.82, 2.24) is 0 Å². The fourth-order valence-corrected chi connectivity index (χ4v) is 5.96. The third-order valence-corrected chi connectivity index (χ3v) is 11.6. The van der Waals surface area contributed by atoms with Crippen LogP contribution in [0.5, 0.6) is 0 Å². The molecule has 0 unspecified atom stereocenters. The van der Waals surface area contributed by atoms with Crippen molar-refractivity contribution in [3.05, 3.63) is 47.5 Å². The summed E-state index contributed by atoms with van der Waals surface area (Å²) in [6, 6.07) is 10.1. The van der Waals surface area contributed by atoms with E-state index in [0.717, 1.165) is 22.5 Å². The Labute approximate surface area is 176 Å². The molecule has 0 saturated carbocycles. The summed E-state index contributed by atoms with van der Waals surface area (Å²) < 4.78 is 30.9. The molecule has 28 heavy (non-hydrogen) atoms. The number of methoxy groups -OCH3 is 1. The van der Waals surface area contributed by atoms with Crippen LogP contribution in [0.15, 0.2) is 42.0 Å². The van der Waals surface area contributed by atoms with E-state index < -0.39 is 8.32 Å². The molecule has 2 saturated heterocycles. The molecule has 3 aliphatic rings. The summed E-state index contributed by atoms with van der Waals surface area (Å²) in [7, 11) is -0.0671. The van der Waals surface area contributed by atoms with Crippen LogP contribution in [-0.2, 0) is 23.4 Å². The Morgan fingerprint density at radius 2 is 1.96 bits per heavy atom. The van der Waals surface area contributed by atoms with Crippen molar-refractivity contribution >= 4 is 24.2 Å². The quantitative estimate of drug-likeness (QED) is 0.365. The van der Waals surface area contributed by atoms with Gasteiger partial charge in [-0.3, -0.25) is 0 Å². The van der Waals surface area contributed by atoms with E-state index in [1.807, 2.05) is 30.3 Å². The van der Waals surface area contributed by atoms with Gasteiger partial charge in [0, 0.05) is 23.0 Å². The van der Waals surface area contributed by atoms with Gasteiger partial charge in [0.1, 0.15) is 6.10 Å². The van der Waals surface area contributed by atoms with E-state index >= 15 is 0 Å². The van der Waals surface area contributed by atoms with Crippen LogP contribution in [0, 0.1) is 5.41 Å². The fraction of sp³-hybridized carbons (Fsp3) is 0.619. The third-order valence-electron chi connectivity index (χ3n) is 5.93. The molecule has 7 heteroatoms. The maximum Gasteiger partial charge on any atom is 0.197 e. The van der Waals surface area contributed by atoms with Gasteiger partial charge in [0.15, 0.2) is 20.9 Å². The Kier molecular flexibility index (Phi) is 5.88. The molecule has 2 aliphatic heterocycles. The lowest BCUT2D eigenvalue weighted by Crippen LogP contribution is -2.58. The molecule has 5 nitrogen and oxygen atoms in total. The van der Waals surface area contributed by atoms with E-state index in [-0.39, 0.29) is 36.3 Å². The molecule has 2 heterocycles. The van der Waals surface area contributed by atoms with Crippen molar-refractivity contribution in [2.24, 2.45) is 5.41 Å². The summed E-state index contributed by atoms with van der Waals surface area (Å²) in [5.74, 6) is 0. The highest BCUT2D eigenvalue weighted by atomic mass is 79.9. The Morgan fingerprint density at radius 3 is 2.64 bits per heavy atom. The largest absolute Gasteiger partial charge is 0.410 e. The van der Waals surface area contributed by atoms with Crippen molar-refractivity contribution in [3.63, 3.8) is 0 Å². The molecule has 0 spiro atoms. The molecule has 154 valence electrons. The highest BCUT2D eigenvalue weighted by Crippen LogP contribution is 2.53. The second kappa shape index (κ2) is 7.94. The second-order valence-corrected chi connectivity index (χ2v) is 14.4. The number of hydrogen-bond acceptors (Lipinski definition) is 5. The van der Waals surface area contributed by atoms with E-state index in [4.69, 9.17) is 23.4 Å². The van der Waals surface area contributed by atoms with Gasteiger partial charge in [0.25, 0.3) is 0 Å². The molecule has 1 aromatic rings. The van der Waals surface area contributed by atoms with E-state index in [9.17, 15) is 0 Å². The molecule has 0 N–H and O–H groups in total. The van der Waals surface area contributed by atoms with Gasteiger partial charge < -0.3 is 23.4 Å². The van der Waals surface area contributed by atoms with Crippen LogP contribution >= 0.6 is 15.9 Å². The molecule has 2 fully saturated rings. The lowest BCUT2D eigenvalue weighted by Gasteiger charge is -2.51. The van der Waals surface area contributed by atoms with Crippen LogP contribution in [-0.4, -0.2) is 51.6 Å². The summed E-state index contributed by atoms with van der Waals surface area (Å²) in [5, 5.41) is 0. The number of benzene rings is 1. The first-order chi connectivity index (χ1) is 13.4. The predicted molar refractivity (Wildman–Crippen MR) is 113 cm³/mol. The van der Waals surface area contributed by atoms with Crippen molar-refractivity contribution < 1.29 is 23.4 Å². The number of halogens is 1. The smallest absolute Gasteiger partial charge is 0.197 e. The molecule has 0 bridgehead atoms.